The van der Waals surface area contributed by atoms with Crippen LogP contribution in [-0.4, -0.2) is 19.6 Å². The first kappa shape index (κ1) is 38.7. The molecule has 0 saturated heterocycles. The fraction of sp³-hybridized carbons (Fsp3) is 0.300. The third-order valence-corrected chi connectivity index (χ3v) is 12.1. The zero-order chi connectivity index (χ0) is 52.0. The fourth-order valence-electron chi connectivity index (χ4n) is 8.07. The Labute approximate surface area is 412 Å². The van der Waals surface area contributed by atoms with E-state index in [1.807, 2.05) is 63.2 Å². The van der Waals surface area contributed by atoms with Crippen molar-refractivity contribution in [1.82, 2.24) is 14.5 Å². The monoisotopic (exact) mass is 1040 g/mol. The molecular weight excluding hydrogens is 974 g/mol. The van der Waals surface area contributed by atoms with Gasteiger partial charge in [0.05, 0.1) is 31.9 Å². The molecule has 0 saturated carbocycles. The Bertz CT molecular complexity index is 3380. The smallest absolute Gasteiger partial charge is 0.148 e. The maximum Gasteiger partial charge on any atom is 0.148 e. The summed E-state index contributed by atoms with van der Waals surface area (Å²) < 4.78 is 66.0. The van der Waals surface area contributed by atoms with E-state index in [2.05, 4.69) is 133 Å². The van der Waals surface area contributed by atoms with E-state index < -0.39 is 23.0 Å². The molecule has 4 nitrogen and oxygen atoms in total. The number of nitrogens with zero attached hydrogens (tertiary/aromatic N) is 3. The van der Waals surface area contributed by atoms with Crippen LogP contribution in [0.3, 0.4) is 0 Å². The zero-order valence-electron chi connectivity index (χ0n) is 46.9. The Morgan fingerprint density at radius 3 is 1.89 bits per heavy atom. The molecule has 0 unspecified atom stereocenters. The second-order valence-corrected chi connectivity index (χ2v) is 20.8. The summed E-state index contributed by atoms with van der Waals surface area (Å²) in [5, 5.41) is 12.4. The van der Waals surface area contributed by atoms with Crippen molar-refractivity contribution < 1.29 is 35.8 Å². The number of phenols is 1. The standard InChI is InChI=1S/C60H64N3O.Pt/c1-37(2)42-33-49(38(3)4)56(64)51(34-42)57-62-55-48(20-17-21-54(55)63(57)53-27-26-46(59(8,9)10)36-50(53)40-18-15-14-16-19-40)43-30-44(32-47(31-43)60(11,12)13)52-35-41(28-29-61-52)39-22-24-45(25-23-39)58(5,6)7;/h14-29,31-38,64H,1-13H3;/q-1;/i22D,23D,24D,25D,28D,29D,35D;. The van der Waals surface area contributed by atoms with Crippen LogP contribution in [0.1, 0.15) is 139 Å². The molecule has 65 heavy (non-hydrogen) atoms. The van der Waals surface area contributed by atoms with Gasteiger partial charge in [-0.15, -0.1) is 29.3 Å². The predicted octanol–water partition coefficient (Wildman–Crippen LogP) is 16.4. The van der Waals surface area contributed by atoms with E-state index in [1.54, 1.807) is 0 Å². The van der Waals surface area contributed by atoms with E-state index in [1.165, 1.54) is 5.56 Å². The van der Waals surface area contributed by atoms with Gasteiger partial charge in [0.25, 0.3) is 0 Å². The Balaban J connectivity index is 0.00000760. The van der Waals surface area contributed by atoms with Crippen LogP contribution in [0.15, 0.2) is 133 Å². The number of fused-ring (bicyclic) bond motifs is 1. The largest absolute Gasteiger partial charge is 0.507 e. The third-order valence-electron chi connectivity index (χ3n) is 12.1. The van der Waals surface area contributed by atoms with Gasteiger partial charge in [0.2, 0.25) is 0 Å². The average molecular weight is 1050 g/mol. The molecule has 0 radical (unpaired) electrons. The summed E-state index contributed by atoms with van der Waals surface area (Å²) in [6, 6.07) is 32.5. The molecule has 2 heterocycles. The molecule has 6 aromatic carbocycles. The van der Waals surface area contributed by atoms with E-state index >= 15 is 0 Å². The predicted molar refractivity (Wildman–Crippen MR) is 271 cm³/mol. The van der Waals surface area contributed by atoms with Gasteiger partial charge in [-0.1, -0.05) is 186 Å². The number of imidazole rings is 1. The van der Waals surface area contributed by atoms with Crippen LogP contribution in [0, 0.1) is 6.07 Å². The summed E-state index contributed by atoms with van der Waals surface area (Å²) >= 11 is 0. The molecule has 0 spiro atoms. The Morgan fingerprint density at radius 2 is 1.26 bits per heavy atom. The van der Waals surface area contributed by atoms with Crippen molar-refractivity contribution in [3.8, 4) is 67.5 Å². The number of hydrogen-bond donors (Lipinski definition) is 1. The van der Waals surface area contributed by atoms with Crippen molar-refractivity contribution in [2.75, 3.05) is 0 Å². The Morgan fingerprint density at radius 1 is 0.600 bits per heavy atom. The molecule has 8 aromatic rings. The van der Waals surface area contributed by atoms with Crippen LogP contribution in [0.5, 0.6) is 5.75 Å². The van der Waals surface area contributed by atoms with E-state index in [9.17, 15) is 6.48 Å². The SMILES string of the molecule is [2H]c1nc(-c2[c-]c(-c3cccc4c3nc(-c3cc(C(C)C)cc(C(C)C)c3O)n4-c3ccc(C(C)(C)C)cc3-c3ccccc3)cc(C(C)(C)C)c2)c([2H])c(-c2c([2H])c([2H])c(C(C)(C)C)c([2H])c2[2H])c1[2H].[Pt]. The molecule has 336 valence electrons. The first-order valence-corrected chi connectivity index (χ1v) is 22.4. The number of para-hydroxylation sites is 1. The summed E-state index contributed by atoms with van der Waals surface area (Å²) in [6.07, 6.45) is -0.472. The van der Waals surface area contributed by atoms with Gasteiger partial charge in [0.15, 0.2) is 0 Å². The van der Waals surface area contributed by atoms with Crippen LogP contribution in [-0.2, 0) is 37.3 Å². The summed E-state index contributed by atoms with van der Waals surface area (Å²) in [5.74, 6) is 0.914. The van der Waals surface area contributed by atoms with Gasteiger partial charge in [-0.3, -0.25) is 9.55 Å². The number of pyridine rings is 1. The van der Waals surface area contributed by atoms with Gasteiger partial charge < -0.3 is 5.11 Å². The van der Waals surface area contributed by atoms with Crippen molar-refractivity contribution in [3.05, 3.63) is 167 Å². The van der Waals surface area contributed by atoms with Crippen LogP contribution >= 0.6 is 0 Å². The van der Waals surface area contributed by atoms with E-state index in [0.717, 1.165) is 44.6 Å². The first-order chi connectivity index (χ1) is 33.1. The number of aromatic nitrogens is 3. The molecule has 2 aromatic heterocycles. The quantitative estimate of drug-likeness (QED) is 0.154. The van der Waals surface area contributed by atoms with Crippen LogP contribution in [0.4, 0.5) is 0 Å². The molecule has 5 heteroatoms. The number of aromatic hydroxyl groups is 1. The molecule has 0 amide bonds. The average Bonchev–Trinajstić information content (AvgIpc) is 3.69. The normalized spacial score (nSPS) is 13.8. The molecule has 0 aliphatic heterocycles. The molecule has 0 atom stereocenters. The second-order valence-electron chi connectivity index (χ2n) is 20.8. The van der Waals surface area contributed by atoms with Gasteiger partial charge in [-0.25, -0.2) is 4.98 Å². The number of hydrogen-bond acceptors (Lipinski definition) is 3. The molecular formula is C60H64N3OPt-. The number of phenolic OH excluding ortho intramolecular Hbond substituents is 1. The van der Waals surface area contributed by atoms with Gasteiger partial charge >= 0.3 is 0 Å². The van der Waals surface area contributed by atoms with Crippen molar-refractivity contribution in [2.45, 2.75) is 118 Å². The van der Waals surface area contributed by atoms with Gasteiger partial charge in [0, 0.05) is 38.5 Å². The van der Waals surface area contributed by atoms with E-state index in [4.69, 9.17) is 13.2 Å². The summed E-state index contributed by atoms with van der Waals surface area (Å²) in [4.78, 5) is 10.1. The minimum absolute atomic E-state index is 0. The number of rotatable bonds is 8. The first-order valence-electron chi connectivity index (χ1n) is 25.9. The zero-order valence-corrected chi connectivity index (χ0v) is 42.2. The van der Waals surface area contributed by atoms with Crippen LogP contribution in [0.2, 0.25) is 0 Å². The minimum Gasteiger partial charge on any atom is -0.507 e. The Hall–Kier alpha value is -5.57. The number of benzene rings is 6. The maximum absolute atomic E-state index is 12.4. The van der Waals surface area contributed by atoms with Gasteiger partial charge in [0.1, 0.15) is 11.6 Å². The molecule has 0 fully saturated rings. The van der Waals surface area contributed by atoms with Crippen LogP contribution in [0.25, 0.3) is 72.7 Å². The van der Waals surface area contributed by atoms with Crippen molar-refractivity contribution in [1.29, 1.82) is 0 Å². The molecule has 0 aliphatic rings. The molecule has 0 aliphatic carbocycles. The fourth-order valence-corrected chi connectivity index (χ4v) is 8.07. The summed E-state index contributed by atoms with van der Waals surface area (Å²) in [6.45, 7) is 26.8. The van der Waals surface area contributed by atoms with Crippen molar-refractivity contribution >= 4 is 11.0 Å². The van der Waals surface area contributed by atoms with Gasteiger partial charge in [-0.2, -0.15) is 0 Å². The van der Waals surface area contributed by atoms with Crippen LogP contribution < -0.4 is 0 Å². The maximum atomic E-state index is 12.4. The molecule has 8 rings (SSSR count). The second kappa shape index (κ2) is 18.0. The van der Waals surface area contributed by atoms with Crippen molar-refractivity contribution in [2.24, 2.45) is 0 Å². The Kier molecular flexibility index (Phi) is 10.7. The molecule has 1 N–H and O–H groups in total. The van der Waals surface area contributed by atoms with E-state index in [-0.39, 0.29) is 96.7 Å². The van der Waals surface area contributed by atoms with E-state index in [0.29, 0.717) is 28.0 Å². The minimum atomic E-state index is -0.718. The molecule has 0 bridgehead atoms. The third kappa shape index (κ3) is 9.57. The summed E-state index contributed by atoms with van der Waals surface area (Å²) in [5.41, 5.74) is 9.11. The summed E-state index contributed by atoms with van der Waals surface area (Å²) in [7, 11) is 0. The van der Waals surface area contributed by atoms with Gasteiger partial charge in [-0.05, 0) is 97.3 Å². The van der Waals surface area contributed by atoms with Crippen molar-refractivity contribution in [3.63, 3.8) is 0 Å². The topological polar surface area (TPSA) is 50.9 Å².